The molecule has 0 radical (unpaired) electrons. The van der Waals surface area contributed by atoms with Crippen molar-refractivity contribution < 1.29 is 9.59 Å². The smallest absolute Gasteiger partial charge is 0.253 e. The van der Waals surface area contributed by atoms with Gasteiger partial charge in [-0.05, 0) is 37.5 Å². The summed E-state index contributed by atoms with van der Waals surface area (Å²) >= 11 is 0. The van der Waals surface area contributed by atoms with Crippen LogP contribution < -0.4 is 5.73 Å². The quantitative estimate of drug-likeness (QED) is 0.884. The van der Waals surface area contributed by atoms with Crippen LogP contribution in [-0.4, -0.2) is 47.8 Å². The predicted molar refractivity (Wildman–Crippen MR) is 98.2 cm³/mol. The molecule has 0 aromatic heterocycles. The molecule has 0 saturated heterocycles. The molecule has 0 bridgehead atoms. The van der Waals surface area contributed by atoms with E-state index < -0.39 is 5.54 Å². The van der Waals surface area contributed by atoms with Gasteiger partial charge in [0.05, 0.1) is 5.54 Å². The van der Waals surface area contributed by atoms with Crippen molar-refractivity contribution in [1.82, 2.24) is 9.80 Å². The number of hydrogen-bond donors (Lipinski definition) is 1. The van der Waals surface area contributed by atoms with E-state index in [1.54, 1.807) is 19.0 Å². The molecule has 0 aliphatic heterocycles. The van der Waals surface area contributed by atoms with Gasteiger partial charge in [-0.1, -0.05) is 25.0 Å². The Hall–Kier alpha value is -1.59. The number of nitrogens with two attached hydrogens (primary N) is 1. The molecule has 1 fully saturated rings. The van der Waals surface area contributed by atoms with Crippen molar-refractivity contribution >= 4 is 24.2 Å². The van der Waals surface area contributed by atoms with Gasteiger partial charge in [0.2, 0.25) is 5.91 Å². The van der Waals surface area contributed by atoms with E-state index in [9.17, 15) is 9.59 Å². The minimum Gasteiger partial charge on any atom is -0.345 e. The van der Waals surface area contributed by atoms with E-state index in [4.69, 9.17) is 5.73 Å². The zero-order valence-electron chi connectivity index (χ0n) is 14.7. The third kappa shape index (κ3) is 4.48. The topological polar surface area (TPSA) is 66.6 Å². The molecule has 24 heavy (non-hydrogen) atoms. The van der Waals surface area contributed by atoms with Crippen molar-refractivity contribution in [3.05, 3.63) is 35.4 Å². The number of halogens is 1. The van der Waals surface area contributed by atoms with Gasteiger partial charge in [-0.25, -0.2) is 0 Å². The Morgan fingerprint density at radius 3 is 2.12 bits per heavy atom. The third-order valence-corrected chi connectivity index (χ3v) is 4.57. The molecular formula is C18H28ClN3O2. The van der Waals surface area contributed by atoms with Crippen LogP contribution in [0.25, 0.3) is 0 Å². The Morgan fingerprint density at radius 2 is 1.67 bits per heavy atom. The lowest BCUT2D eigenvalue weighted by Crippen LogP contribution is -2.53. The van der Waals surface area contributed by atoms with Crippen LogP contribution in [0.2, 0.25) is 0 Å². The summed E-state index contributed by atoms with van der Waals surface area (Å²) in [5.41, 5.74) is 7.27. The van der Waals surface area contributed by atoms with Crippen LogP contribution in [0.3, 0.4) is 0 Å². The van der Waals surface area contributed by atoms with Crippen molar-refractivity contribution in [2.24, 2.45) is 5.73 Å². The fourth-order valence-electron chi connectivity index (χ4n) is 3.09. The minimum absolute atomic E-state index is 0. The molecule has 0 atom stereocenters. The maximum absolute atomic E-state index is 12.7. The first-order chi connectivity index (χ1) is 10.9. The van der Waals surface area contributed by atoms with Crippen molar-refractivity contribution in [1.29, 1.82) is 0 Å². The monoisotopic (exact) mass is 353 g/mol. The lowest BCUT2D eigenvalue weighted by atomic mass is 9.97. The van der Waals surface area contributed by atoms with Gasteiger partial charge in [0.15, 0.2) is 0 Å². The molecule has 2 amide bonds. The predicted octanol–water partition coefficient (Wildman–Crippen LogP) is 2.43. The molecule has 1 saturated carbocycles. The normalized spacial score (nSPS) is 15.5. The molecule has 0 spiro atoms. The molecule has 0 unspecified atom stereocenters. The Kier molecular flexibility index (Phi) is 7.24. The van der Waals surface area contributed by atoms with E-state index in [2.05, 4.69) is 0 Å². The zero-order chi connectivity index (χ0) is 17.0. The van der Waals surface area contributed by atoms with Crippen molar-refractivity contribution in [3.63, 3.8) is 0 Å². The maximum Gasteiger partial charge on any atom is 0.253 e. The number of rotatable bonds is 5. The van der Waals surface area contributed by atoms with E-state index in [1.807, 2.05) is 36.1 Å². The first-order valence-corrected chi connectivity index (χ1v) is 8.26. The summed E-state index contributed by atoms with van der Waals surface area (Å²) in [4.78, 5) is 28.0. The summed E-state index contributed by atoms with van der Waals surface area (Å²) in [7, 11) is 3.46. The SMILES string of the molecule is CCN(Cc1ccc(C(=O)N(C)C)cc1)C(=O)C1(N)CCCC1.Cl. The van der Waals surface area contributed by atoms with Crippen LogP contribution in [0, 0.1) is 0 Å². The number of amides is 2. The molecule has 1 aromatic rings. The highest BCUT2D eigenvalue weighted by Gasteiger charge is 2.39. The van der Waals surface area contributed by atoms with Gasteiger partial charge in [-0.15, -0.1) is 12.4 Å². The first kappa shape index (κ1) is 20.5. The van der Waals surface area contributed by atoms with Crippen LogP contribution in [0.1, 0.15) is 48.5 Å². The zero-order valence-corrected chi connectivity index (χ0v) is 15.6. The summed E-state index contributed by atoms with van der Waals surface area (Å²) in [6.07, 6.45) is 3.61. The number of carbonyl (C=O) groups excluding carboxylic acids is 2. The van der Waals surface area contributed by atoms with Gasteiger partial charge in [-0.3, -0.25) is 9.59 Å². The van der Waals surface area contributed by atoms with Gasteiger partial charge < -0.3 is 15.5 Å². The second kappa shape index (κ2) is 8.49. The molecule has 6 heteroatoms. The van der Waals surface area contributed by atoms with Gasteiger partial charge in [0, 0.05) is 32.7 Å². The largest absolute Gasteiger partial charge is 0.345 e. The minimum atomic E-state index is -0.684. The number of hydrogen-bond acceptors (Lipinski definition) is 3. The van der Waals surface area contributed by atoms with Crippen molar-refractivity contribution in [3.8, 4) is 0 Å². The summed E-state index contributed by atoms with van der Waals surface area (Å²) in [5, 5.41) is 0. The molecule has 1 aliphatic carbocycles. The average molecular weight is 354 g/mol. The highest BCUT2D eigenvalue weighted by Crippen LogP contribution is 2.29. The van der Waals surface area contributed by atoms with Gasteiger partial charge in [0.25, 0.3) is 5.91 Å². The summed E-state index contributed by atoms with van der Waals surface area (Å²) in [6, 6.07) is 7.43. The first-order valence-electron chi connectivity index (χ1n) is 8.26. The van der Waals surface area contributed by atoms with Crippen LogP contribution in [0.4, 0.5) is 0 Å². The third-order valence-electron chi connectivity index (χ3n) is 4.57. The van der Waals surface area contributed by atoms with E-state index in [1.165, 1.54) is 0 Å². The highest BCUT2D eigenvalue weighted by atomic mass is 35.5. The fourth-order valence-corrected chi connectivity index (χ4v) is 3.09. The molecule has 2 rings (SSSR count). The standard InChI is InChI=1S/C18H27N3O2.ClH/c1-4-21(17(23)18(19)11-5-6-12-18)13-14-7-9-15(10-8-14)16(22)20(2)3;/h7-10H,4-6,11-13,19H2,1-3H3;1H. The van der Waals surface area contributed by atoms with Crippen LogP contribution in [0.15, 0.2) is 24.3 Å². The van der Waals surface area contributed by atoms with Crippen LogP contribution in [-0.2, 0) is 11.3 Å². The Balaban J connectivity index is 0.00000288. The molecule has 1 aromatic carbocycles. The van der Waals surface area contributed by atoms with Crippen LogP contribution >= 0.6 is 12.4 Å². The molecule has 5 nitrogen and oxygen atoms in total. The molecule has 2 N–H and O–H groups in total. The second-order valence-electron chi connectivity index (χ2n) is 6.58. The van der Waals surface area contributed by atoms with E-state index >= 15 is 0 Å². The van der Waals surface area contributed by atoms with Gasteiger partial charge in [-0.2, -0.15) is 0 Å². The van der Waals surface area contributed by atoms with E-state index in [0.717, 1.165) is 31.2 Å². The Bertz CT molecular complexity index is 566. The Morgan fingerprint density at radius 1 is 1.12 bits per heavy atom. The lowest BCUT2D eigenvalue weighted by Gasteiger charge is -2.31. The number of benzene rings is 1. The van der Waals surface area contributed by atoms with E-state index in [0.29, 0.717) is 18.7 Å². The van der Waals surface area contributed by atoms with E-state index in [-0.39, 0.29) is 24.2 Å². The maximum atomic E-state index is 12.7. The summed E-state index contributed by atoms with van der Waals surface area (Å²) < 4.78 is 0. The van der Waals surface area contributed by atoms with Crippen LogP contribution in [0.5, 0.6) is 0 Å². The summed E-state index contributed by atoms with van der Waals surface area (Å²) in [6.45, 7) is 3.14. The van der Waals surface area contributed by atoms with Gasteiger partial charge >= 0.3 is 0 Å². The average Bonchev–Trinajstić information content (AvgIpc) is 2.99. The Labute approximate surface area is 150 Å². The summed E-state index contributed by atoms with van der Waals surface area (Å²) in [5.74, 6) is 0.0257. The fraction of sp³-hybridized carbons (Fsp3) is 0.556. The number of likely N-dealkylation sites (N-methyl/N-ethyl adjacent to an activating group) is 1. The van der Waals surface area contributed by atoms with Crippen molar-refractivity contribution in [2.75, 3.05) is 20.6 Å². The number of carbonyl (C=O) groups is 2. The van der Waals surface area contributed by atoms with Gasteiger partial charge in [0.1, 0.15) is 0 Å². The molecule has 134 valence electrons. The highest BCUT2D eigenvalue weighted by molar-refractivity contribution is 5.93. The molecule has 1 aliphatic rings. The number of nitrogens with zero attached hydrogens (tertiary/aromatic N) is 2. The second-order valence-corrected chi connectivity index (χ2v) is 6.58. The molecule has 0 heterocycles. The lowest BCUT2D eigenvalue weighted by molar-refractivity contribution is -0.137. The van der Waals surface area contributed by atoms with Crippen molar-refractivity contribution in [2.45, 2.75) is 44.7 Å². The molecular weight excluding hydrogens is 326 g/mol.